The Morgan fingerprint density at radius 1 is 1.32 bits per heavy atom. The summed E-state index contributed by atoms with van der Waals surface area (Å²) >= 11 is 18.4. The molecule has 0 fully saturated rings. The summed E-state index contributed by atoms with van der Waals surface area (Å²) in [5.41, 5.74) is 9.73. The van der Waals surface area contributed by atoms with Crippen molar-refractivity contribution in [2.24, 2.45) is 11.7 Å². The van der Waals surface area contributed by atoms with Crippen LogP contribution in [0.1, 0.15) is 19.4 Å². The molecule has 2 rings (SSSR count). The number of carbonyl (C=O) groups is 1. The van der Waals surface area contributed by atoms with Gasteiger partial charge in [-0.1, -0.05) is 48.7 Å². The summed E-state index contributed by atoms with van der Waals surface area (Å²) in [7, 11) is 0. The second kappa shape index (κ2) is 6.69. The van der Waals surface area contributed by atoms with Gasteiger partial charge >= 0.3 is 0 Å². The Labute approximate surface area is 143 Å². The summed E-state index contributed by atoms with van der Waals surface area (Å²) in [5, 5.41) is 5.36. The molecular formula is C14H15Cl3N4O. The minimum absolute atomic E-state index is 0.166. The molecule has 1 amide bonds. The van der Waals surface area contributed by atoms with Gasteiger partial charge in [-0.2, -0.15) is 0 Å². The van der Waals surface area contributed by atoms with Crippen LogP contribution in [0.2, 0.25) is 15.1 Å². The van der Waals surface area contributed by atoms with E-state index in [2.05, 4.69) is 10.7 Å². The standard InChI is InChI=1S/C14H15Cl3N4O/c1-7(2)14(22)20-21-4-3-19-13(18)12(21)9-5-8(15)6-10(16)11(9)17/h3-7,19H,18H2,1-2H3,(H,20,22). The van der Waals surface area contributed by atoms with E-state index in [4.69, 9.17) is 40.5 Å². The molecule has 118 valence electrons. The van der Waals surface area contributed by atoms with Gasteiger partial charge in [-0.05, 0) is 12.1 Å². The number of hydrogen-bond donors (Lipinski definition) is 3. The van der Waals surface area contributed by atoms with Gasteiger partial charge in [0, 0.05) is 28.9 Å². The fourth-order valence-electron chi connectivity index (χ4n) is 1.82. The van der Waals surface area contributed by atoms with E-state index in [0.717, 1.165) is 0 Å². The number of nitrogens with two attached hydrogens (primary N) is 1. The largest absolute Gasteiger partial charge is 0.383 e. The van der Waals surface area contributed by atoms with Crippen LogP contribution in [0.3, 0.4) is 0 Å². The van der Waals surface area contributed by atoms with Crippen LogP contribution in [0.15, 0.2) is 30.4 Å². The van der Waals surface area contributed by atoms with Crippen molar-refractivity contribution < 1.29 is 4.79 Å². The van der Waals surface area contributed by atoms with Crippen molar-refractivity contribution in [3.8, 4) is 0 Å². The molecule has 1 aliphatic heterocycles. The molecule has 1 aromatic carbocycles. The first-order chi connectivity index (χ1) is 10.3. The maximum Gasteiger partial charge on any atom is 0.241 e. The molecule has 22 heavy (non-hydrogen) atoms. The normalized spacial score (nSPS) is 14.4. The zero-order chi connectivity index (χ0) is 16.4. The van der Waals surface area contributed by atoms with E-state index in [1.807, 2.05) is 0 Å². The zero-order valence-electron chi connectivity index (χ0n) is 12.0. The number of nitrogens with zero attached hydrogens (tertiary/aromatic N) is 1. The minimum Gasteiger partial charge on any atom is -0.383 e. The van der Waals surface area contributed by atoms with Crippen LogP contribution in [0.5, 0.6) is 0 Å². The van der Waals surface area contributed by atoms with Crippen LogP contribution in [0, 0.1) is 5.92 Å². The summed E-state index contributed by atoms with van der Waals surface area (Å²) in [5.74, 6) is -0.0444. The summed E-state index contributed by atoms with van der Waals surface area (Å²) in [4.78, 5) is 12.0. The number of benzene rings is 1. The molecule has 0 unspecified atom stereocenters. The maximum absolute atomic E-state index is 12.0. The summed E-state index contributed by atoms with van der Waals surface area (Å²) in [6.07, 6.45) is 3.22. The fraction of sp³-hybridized carbons (Fsp3) is 0.214. The average molecular weight is 362 g/mol. The SMILES string of the molecule is CC(C)C(=O)NN1C=CNC(N)=C1c1cc(Cl)cc(Cl)c1Cl. The Hall–Kier alpha value is -1.56. The van der Waals surface area contributed by atoms with Crippen molar-refractivity contribution in [2.75, 3.05) is 0 Å². The molecule has 8 heteroatoms. The van der Waals surface area contributed by atoms with Crippen molar-refractivity contribution in [2.45, 2.75) is 13.8 Å². The Bertz CT molecular complexity index is 670. The van der Waals surface area contributed by atoms with E-state index in [1.54, 1.807) is 32.3 Å². The van der Waals surface area contributed by atoms with Gasteiger partial charge in [-0.15, -0.1) is 0 Å². The van der Waals surface area contributed by atoms with Gasteiger partial charge < -0.3 is 11.1 Å². The van der Waals surface area contributed by atoms with E-state index in [1.165, 1.54) is 11.1 Å². The first kappa shape index (κ1) is 16.8. The third kappa shape index (κ3) is 3.43. The smallest absolute Gasteiger partial charge is 0.241 e. The molecule has 0 saturated carbocycles. The number of amides is 1. The van der Waals surface area contributed by atoms with E-state index >= 15 is 0 Å². The molecule has 1 aliphatic rings. The lowest BCUT2D eigenvalue weighted by molar-refractivity contribution is -0.126. The minimum atomic E-state index is -0.191. The molecule has 4 N–H and O–H groups in total. The van der Waals surface area contributed by atoms with Crippen LogP contribution in [-0.2, 0) is 4.79 Å². The van der Waals surface area contributed by atoms with Crippen molar-refractivity contribution in [1.29, 1.82) is 0 Å². The topological polar surface area (TPSA) is 70.4 Å². The van der Waals surface area contributed by atoms with Gasteiger partial charge in [0.05, 0.1) is 10.0 Å². The predicted octanol–water partition coefficient (Wildman–Crippen LogP) is 3.30. The number of halogens is 3. The van der Waals surface area contributed by atoms with Crippen molar-refractivity contribution in [3.63, 3.8) is 0 Å². The third-order valence-electron chi connectivity index (χ3n) is 2.96. The first-order valence-electron chi connectivity index (χ1n) is 6.49. The monoisotopic (exact) mass is 360 g/mol. The summed E-state index contributed by atoms with van der Waals surface area (Å²) in [6, 6.07) is 3.17. The van der Waals surface area contributed by atoms with Gasteiger partial charge in [0.25, 0.3) is 0 Å². The lowest BCUT2D eigenvalue weighted by Gasteiger charge is -2.30. The number of hydrogen-bond acceptors (Lipinski definition) is 4. The molecule has 1 heterocycles. The van der Waals surface area contributed by atoms with Gasteiger partial charge in [0.15, 0.2) is 0 Å². The highest BCUT2D eigenvalue weighted by molar-refractivity contribution is 6.44. The molecule has 5 nitrogen and oxygen atoms in total. The number of rotatable bonds is 3. The van der Waals surface area contributed by atoms with Crippen LogP contribution in [0.4, 0.5) is 0 Å². The van der Waals surface area contributed by atoms with Crippen LogP contribution < -0.4 is 16.5 Å². The molecule has 0 radical (unpaired) electrons. The van der Waals surface area contributed by atoms with Crippen molar-refractivity contribution in [1.82, 2.24) is 15.8 Å². The second-order valence-electron chi connectivity index (χ2n) is 4.97. The summed E-state index contributed by atoms with van der Waals surface area (Å²) in [6.45, 7) is 3.58. The Morgan fingerprint density at radius 3 is 2.64 bits per heavy atom. The molecule has 0 aromatic heterocycles. The Morgan fingerprint density at radius 2 is 2.00 bits per heavy atom. The van der Waals surface area contributed by atoms with Gasteiger partial charge in [-0.25, -0.2) is 0 Å². The van der Waals surface area contributed by atoms with Crippen LogP contribution >= 0.6 is 34.8 Å². The molecule has 1 aromatic rings. The third-order valence-corrected chi connectivity index (χ3v) is 3.98. The fourth-order valence-corrected chi connectivity index (χ4v) is 2.51. The first-order valence-corrected chi connectivity index (χ1v) is 7.62. The zero-order valence-corrected chi connectivity index (χ0v) is 14.2. The number of carbonyl (C=O) groups excluding carboxylic acids is 1. The molecular weight excluding hydrogens is 347 g/mol. The Balaban J connectivity index is 2.47. The van der Waals surface area contributed by atoms with E-state index < -0.39 is 0 Å². The van der Waals surface area contributed by atoms with Gasteiger partial charge in [0.2, 0.25) is 5.91 Å². The van der Waals surface area contributed by atoms with E-state index in [-0.39, 0.29) is 11.8 Å². The lowest BCUT2D eigenvalue weighted by Crippen LogP contribution is -2.43. The van der Waals surface area contributed by atoms with Crippen LogP contribution in [-0.4, -0.2) is 10.9 Å². The molecule has 0 atom stereocenters. The quantitative estimate of drug-likeness (QED) is 0.723. The Kier molecular flexibility index (Phi) is 5.11. The van der Waals surface area contributed by atoms with Crippen LogP contribution in [0.25, 0.3) is 5.70 Å². The predicted molar refractivity (Wildman–Crippen MR) is 89.7 cm³/mol. The molecule has 0 saturated heterocycles. The second-order valence-corrected chi connectivity index (χ2v) is 6.19. The van der Waals surface area contributed by atoms with E-state index in [0.29, 0.717) is 32.1 Å². The highest BCUT2D eigenvalue weighted by Crippen LogP contribution is 2.36. The molecule has 0 spiro atoms. The van der Waals surface area contributed by atoms with Gasteiger partial charge in [-0.3, -0.25) is 15.2 Å². The highest BCUT2D eigenvalue weighted by atomic mass is 35.5. The lowest BCUT2D eigenvalue weighted by atomic mass is 10.1. The van der Waals surface area contributed by atoms with Crippen molar-refractivity contribution >= 4 is 46.4 Å². The number of nitrogens with one attached hydrogen (secondary N) is 2. The van der Waals surface area contributed by atoms with E-state index in [9.17, 15) is 4.79 Å². The van der Waals surface area contributed by atoms with Gasteiger partial charge in [0.1, 0.15) is 11.5 Å². The maximum atomic E-state index is 12.0. The summed E-state index contributed by atoms with van der Waals surface area (Å²) < 4.78 is 0. The average Bonchev–Trinajstić information content (AvgIpc) is 2.43. The highest BCUT2D eigenvalue weighted by Gasteiger charge is 2.23. The molecule has 0 bridgehead atoms. The van der Waals surface area contributed by atoms with Crippen molar-refractivity contribution in [3.05, 3.63) is 51.0 Å². The number of hydrazine groups is 1. The molecule has 0 aliphatic carbocycles.